The van der Waals surface area contributed by atoms with Gasteiger partial charge >= 0.3 is 5.97 Å². The van der Waals surface area contributed by atoms with Crippen molar-refractivity contribution in [2.45, 2.75) is 108 Å². The van der Waals surface area contributed by atoms with E-state index in [2.05, 4.69) is 10.2 Å². The van der Waals surface area contributed by atoms with E-state index in [1.54, 1.807) is 6.92 Å². The number of fused-ring (bicyclic) bond motifs is 2. The summed E-state index contributed by atoms with van der Waals surface area (Å²) in [4.78, 5) is 28.8. The minimum Gasteiger partial charge on any atom is -0.480 e. The summed E-state index contributed by atoms with van der Waals surface area (Å²) in [7, 11) is 0. The van der Waals surface area contributed by atoms with Gasteiger partial charge in [-0.2, -0.15) is 0 Å². The number of benzene rings is 1. The lowest BCUT2D eigenvalue weighted by Gasteiger charge is -2.54. The van der Waals surface area contributed by atoms with E-state index in [1.807, 2.05) is 29.2 Å². The van der Waals surface area contributed by atoms with Crippen molar-refractivity contribution in [3.63, 3.8) is 0 Å². The molecule has 1 amide bonds. The molecule has 1 aromatic carbocycles. The van der Waals surface area contributed by atoms with Gasteiger partial charge in [-0.25, -0.2) is 0 Å². The number of rotatable bonds is 6. The summed E-state index contributed by atoms with van der Waals surface area (Å²) >= 11 is 0. The van der Waals surface area contributed by atoms with Crippen molar-refractivity contribution in [3.05, 3.63) is 24.3 Å². The van der Waals surface area contributed by atoms with E-state index in [9.17, 15) is 9.59 Å². The molecule has 1 saturated carbocycles. The molecule has 3 atom stereocenters. The molecular weight excluding hydrogens is 402 g/mol. The Morgan fingerprint density at radius 2 is 1.53 bits per heavy atom. The van der Waals surface area contributed by atoms with Gasteiger partial charge in [-0.05, 0) is 50.7 Å². The van der Waals surface area contributed by atoms with Crippen LogP contribution in [-0.2, 0) is 9.59 Å². The Morgan fingerprint density at radius 1 is 0.938 bits per heavy atom. The molecule has 2 heterocycles. The molecule has 6 heteroatoms. The lowest BCUT2D eigenvalue weighted by Crippen LogP contribution is -2.60. The molecule has 0 aromatic heterocycles. The van der Waals surface area contributed by atoms with Crippen molar-refractivity contribution in [2.24, 2.45) is 0 Å². The maximum Gasteiger partial charge on any atom is 0.322 e. The van der Waals surface area contributed by atoms with Gasteiger partial charge in [0.05, 0.1) is 11.4 Å². The highest BCUT2D eigenvalue weighted by atomic mass is 16.4. The van der Waals surface area contributed by atoms with Crippen molar-refractivity contribution in [2.75, 3.05) is 16.8 Å². The molecule has 2 N–H and O–H groups in total. The molecule has 2 aliphatic heterocycles. The van der Waals surface area contributed by atoms with Crippen LogP contribution in [-0.4, -0.2) is 52.6 Å². The van der Waals surface area contributed by atoms with Crippen molar-refractivity contribution in [3.8, 4) is 0 Å². The summed E-state index contributed by atoms with van der Waals surface area (Å²) in [6, 6.07) is 9.62. The number of amides is 1. The molecule has 0 unspecified atom stereocenters. The van der Waals surface area contributed by atoms with Gasteiger partial charge in [0.1, 0.15) is 6.54 Å². The van der Waals surface area contributed by atoms with Crippen LogP contribution in [0.4, 0.5) is 11.4 Å². The van der Waals surface area contributed by atoms with E-state index in [0.717, 1.165) is 24.2 Å². The van der Waals surface area contributed by atoms with Crippen molar-refractivity contribution in [1.29, 1.82) is 0 Å². The number of piperidine rings is 2. The lowest BCUT2D eigenvalue weighted by molar-refractivity contribution is -0.135. The number of hydrogen-bond donors (Lipinski definition) is 2. The van der Waals surface area contributed by atoms with Crippen LogP contribution in [0.2, 0.25) is 0 Å². The summed E-state index contributed by atoms with van der Waals surface area (Å²) < 4.78 is 0. The van der Waals surface area contributed by atoms with Gasteiger partial charge in [0.25, 0.3) is 0 Å². The summed E-state index contributed by atoms with van der Waals surface area (Å²) in [5.74, 6) is -0.867. The third kappa shape index (κ3) is 5.28. The van der Waals surface area contributed by atoms with Gasteiger partial charge in [0.15, 0.2) is 0 Å². The number of para-hydroxylation sites is 2. The highest BCUT2D eigenvalue weighted by Crippen LogP contribution is 2.41. The maximum absolute atomic E-state index is 12.9. The second kappa shape index (κ2) is 10.7. The normalized spacial score (nSPS) is 27.2. The average Bonchev–Trinajstić information content (AvgIpc) is 2.72. The van der Waals surface area contributed by atoms with E-state index >= 15 is 0 Å². The number of hydrogen-bond acceptors (Lipinski definition) is 4. The van der Waals surface area contributed by atoms with Crippen molar-refractivity contribution in [1.82, 2.24) is 4.90 Å². The largest absolute Gasteiger partial charge is 0.480 e. The zero-order valence-corrected chi connectivity index (χ0v) is 19.5. The van der Waals surface area contributed by atoms with Crippen LogP contribution in [0.5, 0.6) is 0 Å². The second-order valence-corrected chi connectivity index (χ2v) is 9.96. The summed E-state index contributed by atoms with van der Waals surface area (Å²) in [6.07, 6.45) is 15.3. The first-order chi connectivity index (χ1) is 15.5. The third-order valence-electron chi connectivity index (χ3n) is 7.80. The Morgan fingerprint density at radius 3 is 2.16 bits per heavy atom. The fraction of sp³-hybridized carbons (Fsp3) is 0.692. The zero-order chi connectivity index (χ0) is 22.5. The van der Waals surface area contributed by atoms with Crippen LogP contribution in [0.25, 0.3) is 0 Å². The van der Waals surface area contributed by atoms with E-state index < -0.39 is 5.97 Å². The molecule has 2 saturated heterocycles. The SMILES string of the molecule is CC(=O)N(c1ccccc1NCC(=O)O)[C@@H]1C[C@H]2CCC[C@@H](C1)N2C1CCCCCCC1. The molecular formula is C26H39N3O3. The monoisotopic (exact) mass is 441 g/mol. The fourth-order valence-corrected chi connectivity index (χ4v) is 6.56. The smallest absolute Gasteiger partial charge is 0.322 e. The topological polar surface area (TPSA) is 72.9 Å². The highest BCUT2D eigenvalue weighted by Gasteiger charge is 2.43. The molecule has 1 aromatic rings. The Hall–Kier alpha value is -2.08. The predicted molar refractivity (Wildman–Crippen MR) is 128 cm³/mol. The van der Waals surface area contributed by atoms with Crippen LogP contribution < -0.4 is 10.2 Å². The van der Waals surface area contributed by atoms with Crippen molar-refractivity contribution < 1.29 is 14.7 Å². The third-order valence-corrected chi connectivity index (χ3v) is 7.80. The molecule has 32 heavy (non-hydrogen) atoms. The first-order valence-electron chi connectivity index (χ1n) is 12.7. The van der Waals surface area contributed by atoms with E-state index in [0.29, 0.717) is 18.1 Å². The first-order valence-corrected chi connectivity index (χ1v) is 12.7. The molecule has 0 radical (unpaired) electrons. The van der Waals surface area contributed by atoms with Crippen LogP contribution in [0.15, 0.2) is 24.3 Å². The first kappa shape index (κ1) is 23.1. The van der Waals surface area contributed by atoms with Crippen LogP contribution >= 0.6 is 0 Å². The van der Waals surface area contributed by atoms with Crippen molar-refractivity contribution >= 4 is 23.3 Å². The van der Waals surface area contributed by atoms with Gasteiger partial charge in [-0.15, -0.1) is 0 Å². The van der Waals surface area contributed by atoms with Crippen LogP contribution in [0.1, 0.15) is 84.0 Å². The zero-order valence-electron chi connectivity index (χ0n) is 19.5. The minimum absolute atomic E-state index is 0.0389. The fourth-order valence-electron chi connectivity index (χ4n) is 6.56. The van der Waals surface area contributed by atoms with Gasteiger partial charge in [-0.1, -0.05) is 50.7 Å². The maximum atomic E-state index is 12.9. The van der Waals surface area contributed by atoms with Crippen LogP contribution in [0.3, 0.4) is 0 Å². The number of carboxylic acid groups (broad SMARTS) is 1. The molecule has 6 nitrogen and oxygen atoms in total. The average molecular weight is 442 g/mol. The molecule has 2 bridgehead atoms. The number of carboxylic acids is 1. The van der Waals surface area contributed by atoms with Gasteiger partial charge < -0.3 is 15.3 Å². The molecule has 4 rings (SSSR count). The number of carbonyl (C=O) groups excluding carboxylic acids is 1. The molecule has 3 fully saturated rings. The van der Waals surface area contributed by atoms with E-state index in [-0.39, 0.29) is 18.5 Å². The Bertz CT molecular complexity index is 776. The number of nitrogens with one attached hydrogen (secondary N) is 1. The summed E-state index contributed by atoms with van der Waals surface area (Å²) in [5, 5.41) is 12.1. The second-order valence-electron chi connectivity index (χ2n) is 9.96. The lowest BCUT2D eigenvalue weighted by atomic mass is 9.78. The van der Waals surface area contributed by atoms with E-state index in [4.69, 9.17) is 5.11 Å². The number of nitrogens with zero attached hydrogens (tertiary/aromatic N) is 2. The van der Waals surface area contributed by atoms with Crippen LogP contribution in [0, 0.1) is 0 Å². The molecule has 176 valence electrons. The van der Waals surface area contributed by atoms with Gasteiger partial charge in [0, 0.05) is 31.1 Å². The Labute approximate surface area is 192 Å². The summed E-state index contributed by atoms with van der Waals surface area (Å²) in [6.45, 7) is 1.49. The summed E-state index contributed by atoms with van der Waals surface area (Å²) in [5.41, 5.74) is 1.53. The number of anilines is 2. The standard InChI is InChI=1S/C26H39N3O3/c1-19(30)28(25-15-8-7-14-24(25)27-18-26(31)32)23-16-21-12-9-13-22(17-23)29(21)20-10-5-3-2-4-6-11-20/h7-8,14-15,20-23,27H,2-6,9-13,16-18H2,1H3,(H,31,32)/t21-,22+,23-. The minimum atomic E-state index is -0.906. The Kier molecular flexibility index (Phi) is 7.71. The number of aliphatic carboxylic acids is 1. The molecule has 3 aliphatic rings. The predicted octanol–water partition coefficient (Wildman–Crippen LogP) is 5.03. The highest BCUT2D eigenvalue weighted by molar-refractivity contribution is 5.96. The van der Waals surface area contributed by atoms with Gasteiger partial charge in [0.2, 0.25) is 5.91 Å². The number of carbonyl (C=O) groups is 2. The van der Waals surface area contributed by atoms with Gasteiger partial charge in [-0.3, -0.25) is 14.5 Å². The molecule has 0 spiro atoms. The van der Waals surface area contributed by atoms with E-state index in [1.165, 1.54) is 64.2 Å². The Balaban J connectivity index is 1.55. The molecule has 1 aliphatic carbocycles. The quantitative estimate of drug-likeness (QED) is 0.647.